The predicted molar refractivity (Wildman–Crippen MR) is 204 cm³/mol. The van der Waals surface area contributed by atoms with E-state index in [2.05, 4.69) is 155 Å². The number of hydrogen-bond donors (Lipinski definition) is 0. The largest absolute Gasteiger partial charge is 0.308 e. The Bertz CT molecular complexity index is 2810. The number of pyridine rings is 1. The van der Waals surface area contributed by atoms with Crippen LogP contribution in [0, 0.1) is 27.7 Å². The fourth-order valence-corrected chi connectivity index (χ4v) is 9.21. The predicted octanol–water partition coefficient (Wildman–Crippen LogP) is 12.3. The van der Waals surface area contributed by atoms with Gasteiger partial charge in [0, 0.05) is 33.5 Å². The van der Waals surface area contributed by atoms with E-state index in [9.17, 15) is 0 Å². The van der Waals surface area contributed by atoms with Crippen molar-refractivity contribution in [2.45, 2.75) is 47.0 Å². The first-order valence-electron chi connectivity index (χ1n) is 17.0. The molecule has 0 unspecified atom stereocenters. The molecule has 1 aliphatic carbocycles. The van der Waals surface area contributed by atoms with Crippen LogP contribution in [0.15, 0.2) is 109 Å². The molecule has 2 nitrogen and oxygen atoms in total. The van der Waals surface area contributed by atoms with Gasteiger partial charge in [0.15, 0.2) is 0 Å². The summed E-state index contributed by atoms with van der Waals surface area (Å²) in [5.74, 6) is 0. The minimum atomic E-state index is -0.105. The van der Waals surface area contributed by atoms with Crippen LogP contribution in [-0.2, 0) is 5.41 Å². The Balaban J connectivity index is 1.39. The van der Waals surface area contributed by atoms with E-state index in [4.69, 9.17) is 4.98 Å². The summed E-state index contributed by atoms with van der Waals surface area (Å²) in [4.78, 5) is 4.73. The molecule has 0 atom stereocenters. The fraction of sp³-hybridized carbons (Fsp3) is 0.152. The van der Waals surface area contributed by atoms with Crippen molar-refractivity contribution in [2.24, 2.45) is 0 Å². The first-order valence-corrected chi connectivity index (χ1v) is 17.0. The summed E-state index contributed by atoms with van der Waals surface area (Å²) in [6.45, 7) is 13.5. The van der Waals surface area contributed by atoms with E-state index in [1.165, 1.54) is 110 Å². The Hall–Kier alpha value is -5.47. The molecule has 48 heavy (non-hydrogen) atoms. The molecule has 0 N–H and O–H groups in total. The Morgan fingerprint density at radius 1 is 0.583 bits per heavy atom. The van der Waals surface area contributed by atoms with Crippen molar-refractivity contribution in [3.63, 3.8) is 0 Å². The van der Waals surface area contributed by atoms with Crippen molar-refractivity contribution in [2.75, 3.05) is 0 Å². The normalized spacial score (nSPS) is 13.8. The summed E-state index contributed by atoms with van der Waals surface area (Å²) in [6.07, 6.45) is 2.11. The Morgan fingerprint density at radius 2 is 1.29 bits per heavy atom. The van der Waals surface area contributed by atoms with Crippen LogP contribution in [0.3, 0.4) is 0 Å². The summed E-state index contributed by atoms with van der Waals surface area (Å²) in [5.41, 5.74) is 16.6. The van der Waals surface area contributed by atoms with Gasteiger partial charge in [-0.1, -0.05) is 92.2 Å². The van der Waals surface area contributed by atoms with Gasteiger partial charge in [-0.05, 0) is 129 Å². The number of rotatable bonds is 2. The second-order valence-corrected chi connectivity index (χ2v) is 14.7. The first kappa shape index (κ1) is 27.6. The van der Waals surface area contributed by atoms with Crippen molar-refractivity contribution >= 4 is 54.1 Å². The number of aromatic nitrogens is 2. The standard InChI is InChI=1S/C46H36N2/c1-25-18-26(2)44(27(3)19-25)48-40-17-14-30(29-10-8-7-9-11-29)21-35(40)36-22-31-12-13-32-23-38-43(33-15-16-34(45(36)48)42(31)41(32)33)37-20-28(4)47-24-39(37)46(38,5)6/h7-24H,1-6H3. The molecule has 1 aliphatic rings. The molecule has 10 rings (SSSR count). The van der Waals surface area contributed by atoms with Gasteiger partial charge in [0.05, 0.1) is 16.7 Å². The summed E-state index contributed by atoms with van der Waals surface area (Å²) in [6, 6.07) is 39.2. The maximum atomic E-state index is 4.73. The highest BCUT2D eigenvalue weighted by molar-refractivity contribution is 6.33. The molecule has 0 radical (unpaired) electrons. The highest BCUT2D eigenvalue weighted by Crippen LogP contribution is 2.54. The van der Waals surface area contributed by atoms with Crippen molar-refractivity contribution in [3.8, 4) is 27.9 Å². The molecule has 0 spiro atoms. The molecule has 2 heterocycles. The van der Waals surface area contributed by atoms with E-state index < -0.39 is 0 Å². The number of fused-ring (bicyclic) bond motifs is 8. The van der Waals surface area contributed by atoms with Crippen molar-refractivity contribution < 1.29 is 0 Å². The van der Waals surface area contributed by atoms with E-state index in [-0.39, 0.29) is 5.41 Å². The minimum absolute atomic E-state index is 0.105. The van der Waals surface area contributed by atoms with Gasteiger partial charge in [-0.2, -0.15) is 0 Å². The lowest BCUT2D eigenvalue weighted by atomic mass is 9.81. The second-order valence-electron chi connectivity index (χ2n) is 14.7. The van der Waals surface area contributed by atoms with Crippen LogP contribution in [0.25, 0.3) is 82.1 Å². The van der Waals surface area contributed by atoms with Crippen LogP contribution in [0.5, 0.6) is 0 Å². The summed E-state index contributed by atoms with van der Waals surface area (Å²) in [5, 5.41) is 10.6. The number of hydrogen-bond acceptors (Lipinski definition) is 1. The van der Waals surface area contributed by atoms with Crippen molar-refractivity contribution in [1.29, 1.82) is 0 Å². The van der Waals surface area contributed by atoms with Crippen LogP contribution >= 0.6 is 0 Å². The lowest BCUT2D eigenvalue weighted by Crippen LogP contribution is -2.15. The monoisotopic (exact) mass is 616 g/mol. The summed E-state index contributed by atoms with van der Waals surface area (Å²) < 4.78 is 2.56. The average molecular weight is 617 g/mol. The Morgan fingerprint density at radius 3 is 2.06 bits per heavy atom. The molecule has 0 aliphatic heterocycles. The lowest BCUT2D eigenvalue weighted by molar-refractivity contribution is 0.658. The van der Waals surface area contributed by atoms with E-state index in [0.29, 0.717) is 0 Å². The molecule has 0 amide bonds. The average Bonchev–Trinajstić information content (AvgIpc) is 3.50. The zero-order valence-corrected chi connectivity index (χ0v) is 28.3. The number of aryl methyl sites for hydroxylation is 4. The van der Waals surface area contributed by atoms with E-state index in [1.807, 2.05) is 0 Å². The quantitative estimate of drug-likeness (QED) is 0.177. The maximum Gasteiger partial charge on any atom is 0.0620 e. The highest BCUT2D eigenvalue weighted by atomic mass is 15.0. The van der Waals surface area contributed by atoms with Gasteiger partial charge < -0.3 is 4.57 Å². The molecule has 0 bridgehead atoms. The zero-order valence-electron chi connectivity index (χ0n) is 28.3. The molecule has 0 saturated carbocycles. The summed E-state index contributed by atoms with van der Waals surface area (Å²) in [7, 11) is 0. The van der Waals surface area contributed by atoms with Crippen LogP contribution < -0.4 is 0 Å². The Kier molecular flexibility index (Phi) is 5.37. The third kappa shape index (κ3) is 3.50. The van der Waals surface area contributed by atoms with Crippen molar-refractivity contribution in [1.82, 2.24) is 9.55 Å². The van der Waals surface area contributed by atoms with Crippen molar-refractivity contribution in [3.05, 3.63) is 143 Å². The van der Waals surface area contributed by atoms with Gasteiger partial charge in [0.1, 0.15) is 0 Å². The van der Waals surface area contributed by atoms with Gasteiger partial charge in [-0.3, -0.25) is 4.98 Å². The van der Waals surface area contributed by atoms with E-state index in [0.717, 1.165) is 5.69 Å². The minimum Gasteiger partial charge on any atom is -0.308 e. The third-order valence-electron chi connectivity index (χ3n) is 11.2. The van der Waals surface area contributed by atoms with Gasteiger partial charge >= 0.3 is 0 Å². The molecule has 230 valence electrons. The van der Waals surface area contributed by atoms with Gasteiger partial charge in [0.25, 0.3) is 0 Å². The summed E-state index contributed by atoms with van der Waals surface area (Å²) >= 11 is 0. The van der Waals surface area contributed by atoms with Gasteiger partial charge in [-0.25, -0.2) is 0 Å². The molecule has 9 aromatic rings. The van der Waals surface area contributed by atoms with Crippen LogP contribution in [0.4, 0.5) is 0 Å². The topological polar surface area (TPSA) is 17.8 Å². The van der Waals surface area contributed by atoms with Crippen LogP contribution in [-0.4, -0.2) is 9.55 Å². The smallest absolute Gasteiger partial charge is 0.0620 e. The van der Waals surface area contributed by atoms with E-state index in [1.54, 1.807) is 0 Å². The third-order valence-corrected chi connectivity index (χ3v) is 11.2. The zero-order chi connectivity index (χ0) is 32.6. The molecule has 0 saturated heterocycles. The second kappa shape index (κ2) is 9.33. The molecule has 2 heteroatoms. The van der Waals surface area contributed by atoms with E-state index >= 15 is 0 Å². The van der Waals surface area contributed by atoms with Gasteiger partial charge in [-0.15, -0.1) is 0 Å². The number of benzene rings is 7. The number of nitrogens with zero attached hydrogens (tertiary/aromatic N) is 2. The van der Waals surface area contributed by atoms with Crippen LogP contribution in [0.1, 0.15) is 47.4 Å². The Labute approximate surface area is 280 Å². The highest BCUT2D eigenvalue weighted by Gasteiger charge is 2.37. The fourth-order valence-electron chi connectivity index (χ4n) is 9.21. The maximum absolute atomic E-state index is 4.73. The van der Waals surface area contributed by atoms with Gasteiger partial charge in [0.2, 0.25) is 0 Å². The van der Waals surface area contributed by atoms with Crippen LogP contribution in [0.2, 0.25) is 0 Å². The molecular formula is C46H36N2. The molecule has 7 aromatic carbocycles. The SMILES string of the molecule is Cc1cc(C)c(-n2c3ccc(-c4ccccc4)cc3c3cc4ccc5cc6c(c7ccc(c4c57)c32)-c2cc(C)ncc2C6(C)C)c(C)c1. The molecule has 2 aromatic heterocycles. The molecule has 0 fully saturated rings. The lowest BCUT2D eigenvalue weighted by Gasteiger charge is -2.22. The molecular weight excluding hydrogens is 581 g/mol. The first-order chi connectivity index (χ1) is 23.2.